The third-order valence-corrected chi connectivity index (χ3v) is 7.65. The summed E-state index contributed by atoms with van der Waals surface area (Å²) in [6, 6.07) is 14.8. The highest BCUT2D eigenvalue weighted by Gasteiger charge is 2.31. The maximum absolute atomic E-state index is 13.3. The number of esters is 2. The third-order valence-electron chi connectivity index (χ3n) is 6.16. The zero-order chi connectivity index (χ0) is 31.3. The average Bonchev–Trinajstić information content (AvgIpc) is 2.89. The van der Waals surface area contributed by atoms with E-state index >= 15 is 0 Å². The molecule has 3 aromatic carbocycles. The number of sulfonamides is 1. The molecule has 0 saturated carbocycles. The molecule has 0 amide bonds. The van der Waals surface area contributed by atoms with Gasteiger partial charge in [0.15, 0.2) is 0 Å². The Balaban J connectivity index is 1.83. The Morgan fingerprint density at radius 3 is 2.00 bits per heavy atom. The van der Waals surface area contributed by atoms with Gasteiger partial charge in [-0.2, -0.15) is 4.72 Å². The number of hydrogen-bond donors (Lipinski definition) is 1. The topological polar surface area (TPSA) is 117 Å². The van der Waals surface area contributed by atoms with Gasteiger partial charge in [0, 0.05) is 17.2 Å². The second-order valence-electron chi connectivity index (χ2n) is 12.0. The number of carbonyl (C=O) groups excluding carboxylic acids is 2. The van der Waals surface area contributed by atoms with Crippen LogP contribution in [-0.2, 0) is 35.5 Å². The first-order chi connectivity index (χ1) is 19.5. The maximum Gasteiger partial charge on any atom is 0.324 e. The van der Waals surface area contributed by atoms with Gasteiger partial charge in [-0.05, 0) is 89.8 Å². The predicted octanol–water partition coefficient (Wildman–Crippen LogP) is 5.56. The predicted molar refractivity (Wildman–Crippen MR) is 161 cm³/mol. The first-order valence-corrected chi connectivity index (χ1v) is 15.2. The molecule has 3 rings (SSSR count). The van der Waals surface area contributed by atoms with Gasteiger partial charge in [-0.1, -0.05) is 30.3 Å². The van der Waals surface area contributed by atoms with Crippen LogP contribution in [0.3, 0.4) is 0 Å². The van der Waals surface area contributed by atoms with Crippen molar-refractivity contribution in [1.29, 1.82) is 0 Å². The van der Waals surface area contributed by atoms with Gasteiger partial charge in [-0.25, -0.2) is 8.42 Å². The molecule has 0 aromatic heterocycles. The van der Waals surface area contributed by atoms with Crippen LogP contribution in [0.2, 0.25) is 0 Å². The lowest BCUT2D eigenvalue weighted by atomic mass is 9.97. The van der Waals surface area contributed by atoms with E-state index in [4.69, 9.17) is 18.9 Å². The number of hydrogen-bond acceptors (Lipinski definition) is 8. The molecular formula is C32H41NO8S. The quantitative estimate of drug-likeness (QED) is 0.285. The van der Waals surface area contributed by atoms with Crippen molar-refractivity contribution >= 4 is 32.7 Å². The number of benzene rings is 3. The monoisotopic (exact) mass is 599 g/mol. The fraction of sp³-hybridized carbons (Fsp3) is 0.438. The molecule has 1 atom stereocenters. The van der Waals surface area contributed by atoms with Gasteiger partial charge in [0.1, 0.15) is 28.7 Å². The summed E-state index contributed by atoms with van der Waals surface area (Å²) >= 11 is 0. The number of rotatable bonds is 11. The van der Waals surface area contributed by atoms with Crippen LogP contribution < -0.4 is 14.2 Å². The van der Waals surface area contributed by atoms with Crippen molar-refractivity contribution in [2.75, 3.05) is 14.2 Å². The summed E-state index contributed by atoms with van der Waals surface area (Å²) in [6.45, 7) is 10.3. The lowest BCUT2D eigenvalue weighted by Gasteiger charge is -2.25. The van der Waals surface area contributed by atoms with Crippen molar-refractivity contribution in [1.82, 2.24) is 4.72 Å². The standard InChI is InChI=1S/C32H41NO8S/c1-31(2,3)40-28(34)19-17-25(30(35)41-32(4,5)6)33-42(36,37)23-15-12-21(13-16-23)20-22-14-18-26(38-7)24-10-9-11-27(39-8)29(22)24/h9-16,18,25,33H,17,19-20H2,1-8H3. The van der Waals surface area contributed by atoms with E-state index in [1.165, 1.54) is 12.1 Å². The molecule has 0 fully saturated rings. The summed E-state index contributed by atoms with van der Waals surface area (Å²) in [5.41, 5.74) is 0.315. The van der Waals surface area contributed by atoms with Crippen LogP contribution >= 0.6 is 0 Å². The van der Waals surface area contributed by atoms with Crippen molar-refractivity contribution in [2.24, 2.45) is 0 Å². The third kappa shape index (κ3) is 8.93. The first kappa shape index (κ1) is 32.9. The van der Waals surface area contributed by atoms with Crippen LogP contribution in [0.5, 0.6) is 11.5 Å². The molecule has 0 aliphatic rings. The maximum atomic E-state index is 13.3. The second-order valence-corrected chi connectivity index (χ2v) is 13.7. The lowest BCUT2D eigenvalue weighted by Crippen LogP contribution is -2.44. The minimum absolute atomic E-state index is 0.0192. The Morgan fingerprint density at radius 1 is 0.810 bits per heavy atom. The fourth-order valence-electron chi connectivity index (χ4n) is 4.43. The van der Waals surface area contributed by atoms with E-state index in [0.29, 0.717) is 12.2 Å². The summed E-state index contributed by atoms with van der Waals surface area (Å²) in [5.74, 6) is 0.129. The number of ether oxygens (including phenoxy) is 4. The van der Waals surface area contributed by atoms with Crippen molar-refractivity contribution in [3.8, 4) is 11.5 Å². The van der Waals surface area contributed by atoms with Crippen LogP contribution in [0, 0.1) is 0 Å². The van der Waals surface area contributed by atoms with E-state index in [9.17, 15) is 18.0 Å². The summed E-state index contributed by atoms with van der Waals surface area (Å²) < 4.78 is 50.9. The van der Waals surface area contributed by atoms with E-state index in [1.54, 1.807) is 67.9 Å². The number of methoxy groups -OCH3 is 2. The van der Waals surface area contributed by atoms with Gasteiger partial charge < -0.3 is 18.9 Å². The Bertz CT molecular complexity index is 1520. The van der Waals surface area contributed by atoms with Crippen LogP contribution in [0.4, 0.5) is 0 Å². The van der Waals surface area contributed by atoms with Gasteiger partial charge >= 0.3 is 11.9 Å². The van der Waals surface area contributed by atoms with Gasteiger partial charge in [-0.3, -0.25) is 9.59 Å². The molecule has 0 saturated heterocycles. The molecule has 10 heteroatoms. The summed E-state index contributed by atoms with van der Waals surface area (Å²) in [4.78, 5) is 25.2. The van der Waals surface area contributed by atoms with Crippen molar-refractivity contribution < 1.29 is 37.0 Å². The molecule has 0 radical (unpaired) electrons. The molecule has 228 valence electrons. The summed E-state index contributed by atoms with van der Waals surface area (Å²) in [7, 11) is -0.896. The average molecular weight is 600 g/mol. The van der Waals surface area contributed by atoms with Crippen LogP contribution in [0.25, 0.3) is 10.8 Å². The molecule has 0 heterocycles. The van der Waals surface area contributed by atoms with Crippen LogP contribution in [-0.4, -0.2) is 51.8 Å². The van der Waals surface area contributed by atoms with E-state index in [-0.39, 0.29) is 17.7 Å². The number of fused-ring (bicyclic) bond motifs is 1. The highest BCUT2D eigenvalue weighted by Crippen LogP contribution is 2.36. The smallest absolute Gasteiger partial charge is 0.324 e. The molecule has 1 unspecified atom stereocenters. The minimum Gasteiger partial charge on any atom is -0.496 e. The molecule has 0 bridgehead atoms. The minimum atomic E-state index is -4.13. The Hall–Kier alpha value is -3.63. The zero-order valence-electron chi connectivity index (χ0n) is 25.6. The Morgan fingerprint density at radius 2 is 1.43 bits per heavy atom. The number of carbonyl (C=O) groups is 2. The van der Waals surface area contributed by atoms with Crippen molar-refractivity contribution in [3.63, 3.8) is 0 Å². The molecule has 0 spiro atoms. The van der Waals surface area contributed by atoms with Crippen molar-refractivity contribution in [3.05, 3.63) is 65.7 Å². The van der Waals surface area contributed by atoms with Gasteiger partial charge in [0.2, 0.25) is 10.0 Å². The summed E-state index contributed by atoms with van der Waals surface area (Å²) in [5, 5.41) is 1.83. The molecule has 1 N–H and O–H groups in total. The van der Waals surface area contributed by atoms with Gasteiger partial charge in [0.25, 0.3) is 0 Å². The highest BCUT2D eigenvalue weighted by molar-refractivity contribution is 7.89. The number of nitrogens with one attached hydrogen (secondary N) is 1. The molecule has 3 aromatic rings. The van der Waals surface area contributed by atoms with E-state index < -0.39 is 39.2 Å². The SMILES string of the molecule is COc1ccc(Cc2ccc(S(=O)(=O)NC(CCC(=O)OC(C)(C)C)C(=O)OC(C)(C)C)cc2)c2c(OC)cccc12. The Labute approximate surface area is 248 Å². The van der Waals surface area contributed by atoms with Crippen molar-refractivity contribution in [2.45, 2.75) is 82.9 Å². The van der Waals surface area contributed by atoms with Crippen LogP contribution in [0.15, 0.2) is 59.5 Å². The molecule has 9 nitrogen and oxygen atoms in total. The largest absolute Gasteiger partial charge is 0.496 e. The highest BCUT2D eigenvalue weighted by atomic mass is 32.2. The van der Waals surface area contributed by atoms with E-state index in [1.807, 2.05) is 30.3 Å². The normalized spacial score (nSPS) is 13.0. The van der Waals surface area contributed by atoms with E-state index in [0.717, 1.165) is 27.6 Å². The molecular weight excluding hydrogens is 558 g/mol. The first-order valence-electron chi connectivity index (χ1n) is 13.7. The molecule has 0 aliphatic carbocycles. The van der Waals surface area contributed by atoms with Gasteiger partial charge in [-0.15, -0.1) is 0 Å². The second kappa shape index (κ2) is 13.1. The van der Waals surface area contributed by atoms with E-state index in [2.05, 4.69) is 4.72 Å². The fourth-order valence-corrected chi connectivity index (χ4v) is 5.65. The molecule has 42 heavy (non-hydrogen) atoms. The van der Waals surface area contributed by atoms with Gasteiger partial charge in [0.05, 0.1) is 19.1 Å². The Kier molecular flexibility index (Phi) is 10.3. The molecule has 0 aliphatic heterocycles. The lowest BCUT2D eigenvalue weighted by molar-refractivity contribution is -0.158. The zero-order valence-corrected chi connectivity index (χ0v) is 26.4. The summed E-state index contributed by atoms with van der Waals surface area (Å²) in [6.07, 6.45) is 0.237. The van der Waals surface area contributed by atoms with Crippen LogP contribution in [0.1, 0.15) is 65.5 Å².